The Morgan fingerprint density at radius 1 is 1.17 bits per heavy atom. The summed E-state index contributed by atoms with van der Waals surface area (Å²) in [5.74, 6) is -1.90. The lowest BCUT2D eigenvalue weighted by Crippen LogP contribution is -2.20. The van der Waals surface area contributed by atoms with Gasteiger partial charge in [-0.2, -0.15) is 5.26 Å². The molecule has 2 nitrogen and oxygen atoms in total. The SMILES string of the molecule is N#Cc1ccc2c(c1)COC2(F)c1ccccc1. The molecule has 0 aromatic heterocycles. The molecule has 1 heterocycles. The molecule has 0 saturated carbocycles. The molecule has 0 fully saturated rings. The van der Waals surface area contributed by atoms with Crippen LogP contribution >= 0.6 is 0 Å². The van der Waals surface area contributed by atoms with Gasteiger partial charge < -0.3 is 4.74 Å². The average Bonchev–Trinajstić information content (AvgIpc) is 2.78. The van der Waals surface area contributed by atoms with E-state index in [1.165, 1.54) is 0 Å². The molecular weight excluding hydrogens is 229 g/mol. The van der Waals surface area contributed by atoms with E-state index in [1.54, 1.807) is 42.5 Å². The van der Waals surface area contributed by atoms with E-state index in [0.29, 0.717) is 16.7 Å². The van der Waals surface area contributed by atoms with Gasteiger partial charge in [-0.15, -0.1) is 0 Å². The number of hydrogen-bond acceptors (Lipinski definition) is 2. The number of hydrogen-bond donors (Lipinski definition) is 0. The van der Waals surface area contributed by atoms with Crippen molar-refractivity contribution in [3.8, 4) is 6.07 Å². The summed E-state index contributed by atoms with van der Waals surface area (Å²) in [7, 11) is 0. The van der Waals surface area contributed by atoms with Gasteiger partial charge in [0.25, 0.3) is 5.85 Å². The maximum absolute atomic E-state index is 15.0. The fourth-order valence-corrected chi connectivity index (χ4v) is 2.24. The summed E-state index contributed by atoms with van der Waals surface area (Å²) in [4.78, 5) is 0. The minimum absolute atomic E-state index is 0.191. The van der Waals surface area contributed by atoms with Crippen LogP contribution in [0.5, 0.6) is 0 Å². The van der Waals surface area contributed by atoms with Gasteiger partial charge in [-0.05, 0) is 17.7 Å². The molecule has 1 aliphatic heterocycles. The molecule has 2 aromatic carbocycles. The highest BCUT2D eigenvalue weighted by molar-refractivity contribution is 5.46. The summed E-state index contributed by atoms with van der Waals surface area (Å²) >= 11 is 0. The first-order chi connectivity index (χ1) is 8.74. The topological polar surface area (TPSA) is 33.0 Å². The summed E-state index contributed by atoms with van der Waals surface area (Å²) in [6.07, 6.45) is 0. The highest BCUT2D eigenvalue weighted by Crippen LogP contribution is 2.43. The minimum Gasteiger partial charge on any atom is -0.334 e. The van der Waals surface area contributed by atoms with Crippen molar-refractivity contribution in [3.63, 3.8) is 0 Å². The Hall–Kier alpha value is -2.18. The summed E-state index contributed by atoms with van der Waals surface area (Å²) < 4.78 is 20.3. The van der Waals surface area contributed by atoms with Gasteiger partial charge in [-0.25, -0.2) is 4.39 Å². The number of fused-ring (bicyclic) bond motifs is 1. The molecule has 0 N–H and O–H groups in total. The molecule has 0 saturated heterocycles. The van der Waals surface area contributed by atoms with Crippen LogP contribution in [0.15, 0.2) is 48.5 Å². The van der Waals surface area contributed by atoms with E-state index in [9.17, 15) is 4.39 Å². The predicted octanol–water partition coefficient (Wildman–Crippen LogP) is 3.26. The lowest BCUT2D eigenvalue weighted by atomic mass is 9.96. The van der Waals surface area contributed by atoms with E-state index in [-0.39, 0.29) is 6.61 Å². The van der Waals surface area contributed by atoms with Crippen molar-refractivity contribution in [1.29, 1.82) is 5.26 Å². The second-order valence-electron chi connectivity index (χ2n) is 4.23. The smallest absolute Gasteiger partial charge is 0.262 e. The quantitative estimate of drug-likeness (QED) is 0.765. The van der Waals surface area contributed by atoms with Gasteiger partial charge in [-0.1, -0.05) is 36.4 Å². The first kappa shape index (κ1) is 10.9. The number of rotatable bonds is 1. The number of ether oxygens (including phenoxy) is 1. The Kier molecular flexibility index (Phi) is 2.39. The molecule has 1 aliphatic rings. The van der Waals surface area contributed by atoms with Crippen LogP contribution in [0.25, 0.3) is 0 Å². The molecule has 0 aliphatic carbocycles. The summed E-state index contributed by atoms with van der Waals surface area (Å²) in [5.41, 5.74) is 2.23. The summed E-state index contributed by atoms with van der Waals surface area (Å²) in [6.45, 7) is 0.191. The second-order valence-corrected chi connectivity index (χ2v) is 4.23. The maximum atomic E-state index is 15.0. The molecule has 88 valence electrons. The zero-order valence-electron chi connectivity index (χ0n) is 9.56. The van der Waals surface area contributed by atoms with Crippen molar-refractivity contribution in [2.75, 3.05) is 0 Å². The van der Waals surface area contributed by atoms with E-state index in [1.807, 2.05) is 12.1 Å². The number of nitriles is 1. The van der Waals surface area contributed by atoms with Gasteiger partial charge in [0.1, 0.15) is 0 Å². The van der Waals surface area contributed by atoms with Crippen molar-refractivity contribution in [1.82, 2.24) is 0 Å². The number of benzene rings is 2. The van der Waals surface area contributed by atoms with E-state index >= 15 is 0 Å². The van der Waals surface area contributed by atoms with Gasteiger partial charge in [0.05, 0.1) is 18.2 Å². The molecule has 0 radical (unpaired) electrons. The molecule has 3 rings (SSSR count). The standard InChI is InChI=1S/C15H10FNO/c16-15(13-4-2-1-3-5-13)14-7-6-11(9-17)8-12(14)10-18-15/h1-8H,10H2. The van der Waals surface area contributed by atoms with Crippen LogP contribution in [0.4, 0.5) is 4.39 Å². The first-order valence-electron chi connectivity index (χ1n) is 5.66. The Balaban J connectivity index is 2.13. The van der Waals surface area contributed by atoms with E-state index in [2.05, 4.69) is 0 Å². The van der Waals surface area contributed by atoms with Crippen molar-refractivity contribution in [2.24, 2.45) is 0 Å². The molecule has 1 unspecified atom stereocenters. The average molecular weight is 239 g/mol. The van der Waals surface area contributed by atoms with Crippen molar-refractivity contribution >= 4 is 0 Å². The summed E-state index contributed by atoms with van der Waals surface area (Å²) in [5, 5.41) is 8.83. The highest BCUT2D eigenvalue weighted by atomic mass is 19.2. The monoisotopic (exact) mass is 239 g/mol. The molecule has 0 amide bonds. The molecule has 0 spiro atoms. The van der Waals surface area contributed by atoms with E-state index in [0.717, 1.165) is 5.56 Å². The number of alkyl halides is 1. The Labute approximate surface area is 104 Å². The van der Waals surface area contributed by atoms with Gasteiger partial charge >= 0.3 is 0 Å². The second kappa shape index (κ2) is 3.94. The Morgan fingerprint density at radius 2 is 1.94 bits per heavy atom. The fraction of sp³-hybridized carbons (Fsp3) is 0.133. The third kappa shape index (κ3) is 1.51. The third-order valence-electron chi connectivity index (χ3n) is 3.15. The molecule has 3 heteroatoms. The van der Waals surface area contributed by atoms with Gasteiger partial charge in [0.15, 0.2) is 0 Å². The van der Waals surface area contributed by atoms with Crippen molar-refractivity contribution < 1.29 is 9.13 Å². The fourth-order valence-electron chi connectivity index (χ4n) is 2.24. The van der Waals surface area contributed by atoms with Crippen LogP contribution in [0, 0.1) is 11.3 Å². The van der Waals surface area contributed by atoms with Crippen LogP contribution in [-0.4, -0.2) is 0 Å². The van der Waals surface area contributed by atoms with Crippen molar-refractivity contribution in [2.45, 2.75) is 12.5 Å². The predicted molar refractivity (Wildman–Crippen MR) is 64.3 cm³/mol. The molecule has 0 bridgehead atoms. The van der Waals surface area contributed by atoms with E-state index < -0.39 is 5.85 Å². The summed E-state index contributed by atoms with van der Waals surface area (Å²) in [6, 6.07) is 15.8. The largest absolute Gasteiger partial charge is 0.334 e. The van der Waals surface area contributed by atoms with Crippen molar-refractivity contribution in [3.05, 3.63) is 70.8 Å². The molecule has 18 heavy (non-hydrogen) atoms. The van der Waals surface area contributed by atoms with Crippen LogP contribution in [-0.2, 0) is 17.2 Å². The van der Waals surface area contributed by atoms with Gasteiger partial charge in [-0.3, -0.25) is 0 Å². The number of nitrogens with zero attached hydrogens (tertiary/aromatic N) is 1. The van der Waals surface area contributed by atoms with Crippen LogP contribution in [0.1, 0.15) is 22.3 Å². The third-order valence-corrected chi connectivity index (χ3v) is 3.15. The van der Waals surface area contributed by atoms with Gasteiger partial charge in [0, 0.05) is 11.1 Å². The lowest BCUT2D eigenvalue weighted by molar-refractivity contribution is -0.108. The normalized spacial score (nSPS) is 21.3. The number of halogens is 1. The Morgan fingerprint density at radius 3 is 2.67 bits per heavy atom. The van der Waals surface area contributed by atoms with Gasteiger partial charge in [0.2, 0.25) is 0 Å². The van der Waals surface area contributed by atoms with E-state index in [4.69, 9.17) is 10.00 Å². The molecular formula is C15H10FNO. The zero-order valence-corrected chi connectivity index (χ0v) is 9.56. The Bertz CT molecular complexity index is 633. The first-order valence-corrected chi connectivity index (χ1v) is 5.66. The molecule has 2 aromatic rings. The zero-order chi connectivity index (χ0) is 12.6. The minimum atomic E-state index is -1.90. The lowest BCUT2D eigenvalue weighted by Gasteiger charge is -2.20. The highest BCUT2D eigenvalue weighted by Gasteiger charge is 2.42. The molecule has 1 atom stereocenters. The van der Waals surface area contributed by atoms with Crippen LogP contribution < -0.4 is 0 Å². The van der Waals surface area contributed by atoms with Crippen LogP contribution in [0.2, 0.25) is 0 Å². The van der Waals surface area contributed by atoms with Crippen LogP contribution in [0.3, 0.4) is 0 Å². The maximum Gasteiger partial charge on any atom is 0.262 e.